The van der Waals surface area contributed by atoms with Gasteiger partial charge in [-0.15, -0.1) is 0 Å². The summed E-state index contributed by atoms with van der Waals surface area (Å²) < 4.78 is 5.39. The first kappa shape index (κ1) is 39.4. The first-order valence-corrected chi connectivity index (χ1v) is 11.3. The zero-order valence-electron chi connectivity index (χ0n) is 22.4. The average Bonchev–Trinajstić information content (AvgIpc) is 2.76. The molecule has 14 nitrogen and oxygen atoms in total. The molecule has 0 fully saturated rings. The monoisotopic (exact) mass is 571 g/mol. The number of carbonyl (C=O) groups is 5. The second-order valence-electron chi connectivity index (χ2n) is 8.21. The van der Waals surface area contributed by atoms with E-state index in [2.05, 4.69) is 0 Å². The minimum atomic E-state index is -1.53. The maximum atomic E-state index is 11.4. The quantitative estimate of drug-likeness (QED) is 0.124. The molecule has 1 atom stereocenters. The van der Waals surface area contributed by atoms with Crippen molar-refractivity contribution in [1.29, 1.82) is 0 Å². The number of rotatable bonds is 20. The Labute approximate surface area is 270 Å². The van der Waals surface area contributed by atoms with Crippen LogP contribution in [0.3, 0.4) is 0 Å². The van der Waals surface area contributed by atoms with Gasteiger partial charge in [-0.2, -0.15) is 0 Å². The summed E-state index contributed by atoms with van der Waals surface area (Å²) in [5, 5.41) is 50.1. The van der Waals surface area contributed by atoms with E-state index >= 15 is 0 Å². The van der Waals surface area contributed by atoms with Crippen molar-refractivity contribution in [3.8, 4) is 5.75 Å². The van der Waals surface area contributed by atoms with Crippen LogP contribution in [0.25, 0.3) is 0 Å². The van der Waals surface area contributed by atoms with E-state index in [1.54, 1.807) is 24.3 Å². The molecule has 0 aromatic heterocycles. The van der Waals surface area contributed by atoms with E-state index in [0.29, 0.717) is 17.9 Å². The van der Waals surface area contributed by atoms with Crippen molar-refractivity contribution < 1.29 is 113 Å². The summed E-state index contributed by atoms with van der Waals surface area (Å²) in [7, 11) is 0. The molecule has 0 heterocycles. The molecule has 0 saturated heterocycles. The minimum Gasteiger partial charge on any atom is -0.549 e. The van der Waals surface area contributed by atoms with Crippen LogP contribution < -0.4 is 74.1 Å². The van der Waals surface area contributed by atoms with E-state index in [0.717, 1.165) is 9.80 Å². The summed E-state index contributed by atoms with van der Waals surface area (Å²) in [6.45, 7) is -1.38. The molecular formula is C23H31N3Na2O11. The van der Waals surface area contributed by atoms with Crippen molar-refractivity contribution in [2.45, 2.75) is 19.4 Å². The number of benzene rings is 1. The molecule has 1 aromatic carbocycles. The molecule has 0 amide bonds. The first-order valence-electron chi connectivity index (χ1n) is 11.3. The Bertz CT molecular complexity index is 902. The van der Waals surface area contributed by atoms with Crippen LogP contribution in [-0.4, -0.2) is 125 Å². The Kier molecular flexibility index (Phi) is 21.3. The van der Waals surface area contributed by atoms with E-state index in [1.165, 1.54) is 4.90 Å². The van der Waals surface area contributed by atoms with Crippen LogP contribution in [0.1, 0.15) is 12.5 Å². The fourth-order valence-electron chi connectivity index (χ4n) is 3.72. The molecule has 0 bridgehead atoms. The second kappa shape index (κ2) is 21.1. The van der Waals surface area contributed by atoms with Crippen molar-refractivity contribution in [2.75, 3.05) is 59.0 Å². The summed E-state index contributed by atoms with van der Waals surface area (Å²) in [6, 6.07) is 5.97. The molecule has 0 saturated carbocycles. The Balaban J connectivity index is 0. The molecule has 0 aliphatic carbocycles. The number of hydrogen-bond donors (Lipinski definition) is 3. The number of hydrogen-bond acceptors (Lipinski definition) is 11. The molecule has 1 rings (SSSR count). The van der Waals surface area contributed by atoms with E-state index in [9.17, 15) is 39.3 Å². The second-order valence-corrected chi connectivity index (χ2v) is 8.21. The Hall–Kier alpha value is -1.75. The normalized spacial score (nSPS) is 11.4. The van der Waals surface area contributed by atoms with E-state index in [-0.39, 0.29) is 85.2 Å². The summed E-state index contributed by atoms with van der Waals surface area (Å²) in [4.78, 5) is 59.9. The van der Waals surface area contributed by atoms with Crippen LogP contribution in [0, 0.1) is 0 Å². The molecule has 3 N–H and O–H groups in total. The summed E-state index contributed by atoms with van der Waals surface area (Å²) in [6.07, 6.45) is 0.129. The van der Waals surface area contributed by atoms with Gasteiger partial charge in [0.05, 0.1) is 38.2 Å². The third kappa shape index (κ3) is 18.3. The van der Waals surface area contributed by atoms with Crippen molar-refractivity contribution >= 4 is 29.8 Å². The van der Waals surface area contributed by atoms with Gasteiger partial charge in [0.25, 0.3) is 0 Å². The Morgan fingerprint density at radius 2 is 1.26 bits per heavy atom. The first-order chi connectivity index (χ1) is 17.4. The molecule has 0 radical (unpaired) electrons. The average molecular weight is 571 g/mol. The molecule has 0 aliphatic rings. The Morgan fingerprint density at radius 1 is 0.769 bits per heavy atom. The molecule has 1 aromatic rings. The van der Waals surface area contributed by atoms with E-state index in [1.807, 2.05) is 6.92 Å². The standard InChI is InChI=1S/C23H33N3O11.2Na/c1-2-37-18-5-3-16(4-6-18)9-17(26(14-22(33)34)15-23(35)36)10-24(11-19(27)28)7-8-25(12-20(29)30)13-21(31)32;;/h3-6,17H,2,7-15H2,1H3,(H,27,28)(H,29,30)(H,31,32)(H,33,34)(H,35,36);;/q;2*+1/p-2/t17-;;/m0../s1. The van der Waals surface area contributed by atoms with Crippen LogP contribution in [0.15, 0.2) is 24.3 Å². The molecule has 0 aliphatic heterocycles. The predicted molar refractivity (Wildman–Crippen MR) is 122 cm³/mol. The Morgan fingerprint density at radius 3 is 1.69 bits per heavy atom. The van der Waals surface area contributed by atoms with Gasteiger partial charge in [-0.1, -0.05) is 12.1 Å². The number of carboxylic acids is 5. The minimum absolute atomic E-state index is 0. The zero-order valence-corrected chi connectivity index (χ0v) is 26.4. The number of carboxylic acid groups (broad SMARTS) is 5. The number of ether oxygens (including phenoxy) is 1. The van der Waals surface area contributed by atoms with Crippen LogP contribution in [-0.2, 0) is 30.4 Å². The van der Waals surface area contributed by atoms with Gasteiger partial charge in [0.15, 0.2) is 0 Å². The van der Waals surface area contributed by atoms with Gasteiger partial charge < -0.3 is 39.9 Å². The third-order valence-electron chi connectivity index (χ3n) is 5.16. The van der Waals surface area contributed by atoms with Gasteiger partial charge >= 0.3 is 77.0 Å². The number of aliphatic carboxylic acids is 5. The number of carbonyl (C=O) groups excluding carboxylic acids is 2. The largest absolute Gasteiger partial charge is 1.00 e. The third-order valence-corrected chi connectivity index (χ3v) is 5.16. The molecular weight excluding hydrogens is 540 g/mol. The zero-order chi connectivity index (χ0) is 28.0. The molecule has 206 valence electrons. The maximum absolute atomic E-state index is 11.4. The van der Waals surface area contributed by atoms with E-state index in [4.69, 9.17) is 14.9 Å². The summed E-state index contributed by atoms with van der Waals surface area (Å²) >= 11 is 0. The van der Waals surface area contributed by atoms with Gasteiger partial charge in [0.2, 0.25) is 0 Å². The fourth-order valence-corrected chi connectivity index (χ4v) is 3.72. The van der Waals surface area contributed by atoms with Gasteiger partial charge in [-0.25, -0.2) is 0 Å². The maximum Gasteiger partial charge on any atom is 1.00 e. The van der Waals surface area contributed by atoms with Gasteiger partial charge in [-0.3, -0.25) is 29.1 Å². The summed E-state index contributed by atoms with van der Waals surface area (Å²) in [5.74, 6) is -6.27. The predicted octanol–water partition coefficient (Wildman–Crippen LogP) is -9.34. The number of nitrogens with zero attached hydrogens (tertiary/aromatic N) is 3. The van der Waals surface area contributed by atoms with E-state index < -0.39 is 68.6 Å². The fraction of sp³-hybridized carbons (Fsp3) is 0.522. The van der Waals surface area contributed by atoms with Crippen LogP contribution in [0.4, 0.5) is 0 Å². The topological polar surface area (TPSA) is 211 Å². The molecule has 0 spiro atoms. The van der Waals surface area contributed by atoms with Crippen molar-refractivity contribution in [3.05, 3.63) is 29.8 Å². The van der Waals surface area contributed by atoms with Crippen LogP contribution in [0.2, 0.25) is 0 Å². The molecule has 39 heavy (non-hydrogen) atoms. The SMILES string of the molecule is CCOc1ccc(C[C@@H](CN(CCN(CC(=O)O)CC(=O)O)CC(=O)[O-])N(CC(=O)[O-])CC(=O)O)cc1.[Na+].[Na+]. The van der Waals surface area contributed by atoms with Gasteiger partial charge in [0.1, 0.15) is 5.75 Å². The van der Waals surface area contributed by atoms with Gasteiger partial charge in [-0.05, 0) is 31.0 Å². The summed E-state index contributed by atoms with van der Waals surface area (Å²) in [5.41, 5.74) is 0.689. The van der Waals surface area contributed by atoms with Gasteiger partial charge in [0, 0.05) is 38.8 Å². The van der Waals surface area contributed by atoms with Crippen LogP contribution >= 0.6 is 0 Å². The molecule has 16 heteroatoms. The van der Waals surface area contributed by atoms with Crippen molar-refractivity contribution in [3.63, 3.8) is 0 Å². The van der Waals surface area contributed by atoms with Crippen molar-refractivity contribution in [1.82, 2.24) is 14.7 Å². The van der Waals surface area contributed by atoms with Crippen LogP contribution in [0.5, 0.6) is 5.75 Å². The molecule has 0 unspecified atom stereocenters. The smallest absolute Gasteiger partial charge is 0.549 e. The van der Waals surface area contributed by atoms with Crippen molar-refractivity contribution in [2.24, 2.45) is 0 Å².